The Bertz CT molecular complexity index is 198. The maximum atomic E-state index is 11.9. The molecule has 0 saturated carbocycles. The van der Waals surface area contributed by atoms with Gasteiger partial charge in [0.1, 0.15) is 0 Å². The molecule has 14 heavy (non-hydrogen) atoms. The zero-order chi connectivity index (χ0) is 11.6. The molecule has 0 rings (SSSR count). The number of nitrogens with one attached hydrogen (secondary N) is 1. The Morgan fingerprint density at radius 2 is 1.64 bits per heavy atom. The summed E-state index contributed by atoms with van der Waals surface area (Å²) in [5.74, 6) is 0.0509. The number of carbonyl (C=O) groups excluding carboxylic acids is 1. The van der Waals surface area contributed by atoms with Crippen LogP contribution in [-0.4, -0.2) is 29.1 Å². The van der Waals surface area contributed by atoms with Crippen molar-refractivity contribution in [3.63, 3.8) is 0 Å². The number of hydrogen-bond acceptors (Lipinski definition) is 3. The highest BCUT2D eigenvalue weighted by Gasteiger charge is 2.31. The Balaban J connectivity index is 4.51. The van der Waals surface area contributed by atoms with Crippen LogP contribution >= 0.6 is 0 Å². The first-order valence-corrected chi connectivity index (χ1v) is 5.01. The molecule has 0 fully saturated rings. The van der Waals surface area contributed by atoms with Gasteiger partial charge < -0.3 is 10.4 Å². The second kappa shape index (κ2) is 4.41. The molecule has 0 aromatic rings. The number of Topliss-reactive ketones (excluding diaryl/α,β-unsaturated/α-hetero) is 1. The lowest BCUT2D eigenvalue weighted by atomic mass is 9.86. The lowest BCUT2D eigenvalue weighted by Crippen LogP contribution is -2.52. The Labute approximate surface area is 86.9 Å². The molecule has 0 heterocycles. The molecule has 2 N–H and O–H groups in total. The Hall–Kier alpha value is -0.410. The van der Waals surface area contributed by atoms with E-state index in [2.05, 4.69) is 5.32 Å². The van der Waals surface area contributed by atoms with Crippen molar-refractivity contribution in [1.82, 2.24) is 5.32 Å². The van der Waals surface area contributed by atoms with Crippen LogP contribution in [0.2, 0.25) is 0 Å². The number of carbonyl (C=O) groups is 1. The van der Waals surface area contributed by atoms with Gasteiger partial charge in [-0.15, -0.1) is 0 Å². The van der Waals surface area contributed by atoms with Crippen molar-refractivity contribution in [3.8, 4) is 0 Å². The van der Waals surface area contributed by atoms with Gasteiger partial charge in [-0.3, -0.25) is 4.79 Å². The molecule has 0 aromatic heterocycles. The first-order valence-electron chi connectivity index (χ1n) is 5.01. The van der Waals surface area contributed by atoms with Crippen LogP contribution in [-0.2, 0) is 4.79 Å². The highest BCUT2D eigenvalue weighted by molar-refractivity contribution is 5.88. The van der Waals surface area contributed by atoms with E-state index in [1.54, 1.807) is 0 Å². The van der Waals surface area contributed by atoms with Crippen LogP contribution in [0.5, 0.6) is 0 Å². The summed E-state index contributed by atoms with van der Waals surface area (Å²) >= 11 is 0. The summed E-state index contributed by atoms with van der Waals surface area (Å²) in [6.45, 7) is 11.4. The molecular formula is C11H23NO2. The lowest BCUT2D eigenvalue weighted by Gasteiger charge is -2.30. The maximum absolute atomic E-state index is 11.9. The zero-order valence-corrected chi connectivity index (χ0v) is 10.1. The Morgan fingerprint density at radius 3 is 1.86 bits per heavy atom. The molecule has 0 saturated heterocycles. The molecule has 0 unspecified atom stereocenters. The van der Waals surface area contributed by atoms with E-state index >= 15 is 0 Å². The van der Waals surface area contributed by atoms with E-state index in [1.165, 1.54) is 0 Å². The van der Waals surface area contributed by atoms with Crippen molar-refractivity contribution in [2.24, 2.45) is 5.41 Å². The van der Waals surface area contributed by atoms with E-state index in [1.807, 2.05) is 41.5 Å². The second-order valence-corrected chi connectivity index (χ2v) is 5.74. The van der Waals surface area contributed by atoms with Gasteiger partial charge in [0.2, 0.25) is 0 Å². The lowest BCUT2D eigenvalue weighted by molar-refractivity contribution is -0.129. The van der Waals surface area contributed by atoms with Crippen LogP contribution < -0.4 is 5.32 Å². The topological polar surface area (TPSA) is 49.3 Å². The minimum absolute atomic E-state index is 0.0509. The minimum Gasteiger partial charge on any atom is -0.394 e. The van der Waals surface area contributed by atoms with Crippen LogP contribution in [0.4, 0.5) is 0 Å². The van der Waals surface area contributed by atoms with Crippen molar-refractivity contribution in [3.05, 3.63) is 0 Å². The first-order chi connectivity index (χ1) is 6.08. The van der Waals surface area contributed by atoms with Crippen LogP contribution in [0.15, 0.2) is 0 Å². The van der Waals surface area contributed by atoms with Crippen molar-refractivity contribution in [1.29, 1.82) is 0 Å². The molecule has 0 amide bonds. The van der Waals surface area contributed by atoms with Gasteiger partial charge in [-0.1, -0.05) is 20.8 Å². The zero-order valence-electron chi connectivity index (χ0n) is 10.1. The first kappa shape index (κ1) is 13.6. The van der Waals surface area contributed by atoms with Crippen molar-refractivity contribution in [2.75, 3.05) is 6.61 Å². The summed E-state index contributed by atoms with van der Waals surface area (Å²) in [5, 5.41) is 12.3. The molecule has 0 spiro atoms. The summed E-state index contributed by atoms with van der Waals surface area (Å²) in [6, 6.07) is -0.463. The van der Waals surface area contributed by atoms with E-state index in [0.29, 0.717) is 0 Å². The highest BCUT2D eigenvalue weighted by Crippen LogP contribution is 2.17. The van der Waals surface area contributed by atoms with Crippen LogP contribution in [0.1, 0.15) is 41.5 Å². The fourth-order valence-electron chi connectivity index (χ4n) is 1.24. The van der Waals surface area contributed by atoms with Gasteiger partial charge >= 0.3 is 0 Å². The van der Waals surface area contributed by atoms with E-state index < -0.39 is 11.5 Å². The second-order valence-electron chi connectivity index (χ2n) is 5.74. The third-order valence-corrected chi connectivity index (χ3v) is 1.85. The van der Waals surface area contributed by atoms with Gasteiger partial charge in [0.25, 0.3) is 0 Å². The smallest absolute Gasteiger partial charge is 0.157 e. The largest absolute Gasteiger partial charge is 0.394 e. The number of aliphatic hydroxyl groups excluding tert-OH is 1. The summed E-state index contributed by atoms with van der Waals surface area (Å²) in [6.07, 6.45) is 0. The molecule has 0 aliphatic carbocycles. The molecule has 3 heteroatoms. The molecular weight excluding hydrogens is 178 g/mol. The normalized spacial score (nSPS) is 15.4. The molecule has 3 nitrogen and oxygen atoms in total. The third kappa shape index (κ3) is 4.72. The molecule has 84 valence electrons. The minimum atomic E-state index is -0.463. The predicted molar refractivity (Wildman–Crippen MR) is 58.2 cm³/mol. The monoisotopic (exact) mass is 201 g/mol. The molecule has 0 aliphatic heterocycles. The maximum Gasteiger partial charge on any atom is 0.157 e. The van der Waals surface area contributed by atoms with E-state index in [4.69, 9.17) is 5.11 Å². The van der Waals surface area contributed by atoms with Gasteiger partial charge in [-0.2, -0.15) is 0 Å². The summed E-state index contributed by atoms with van der Waals surface area (Å²) in [5.41, 5.74) is -0.569. The SMILES string of the molecule is CC(C)(C)N[C@H](CO)C(=O)C(C)(C)C. The molecule has 1 atom stereocenters. The van der Waals surface area contributed by atoms with Gasteiger partial charge in [0.05, 0.1) is 12.6 Å². The van der Waals surface area contributed by atoms with Crippen LogP contribution in [0.3, 0.4) is 0 Å². The average Bonchev–Trinajstić information content (AvgIpc) is 1.95. The van der Waals surface area contributed by atoms with Gasteiger partial charge in [0, 0.05) is 11.0 Å². The Morgan fingerprint density at radius 1 is 1.21 bits per heavy atom. The van der Waals surface area contributed by atoms with Crippen molar-refractivity contribution < 1.29 is 9.90 Å². The fraction of sp³-hybridized carbons (Fsp3) is 0.909. The summed E-state index contributed by atoms with van der Waals surface area (Å²) < 4.78 is 0. The number of rotatable bonds is 3. The average molecular weight is 201 g/mol. The van der Waals surface area contributed by atoms with E-state index in [0.717, 1.165) is 0 Å². The standard InChI is InChI=1S/C11H23NO2/c1-10(2,3)9(14)8(7-13)12-11(4,5)6/h8,12-13H,7H2,1-6H3/t8-/m1/s1. The third-order valence-electron chi connectivity index (χ3n) is 1.85. The predicted octanol–water partition coefficient (Wildman–Crippen LogP) is 1.35. The summed E-state index contributed by atoms with van der Waals surface area (Å²) in [4.78, 5) is 11.9. The van der Waals surface area contributed by atoms with Gasteiger partial charge in [0.15, 0.2) is 5.78 Å². The van der Waals surface area contributed by atoms with E-state index in [-0.39, 0.29) is 17.9 Å². The van der Waals surface area contributed by atoms with Gasteiger partial charge in [-0.05, 0) is 20.8 Å². The van der Waals surface area contributed by atoms with Crippen molar-refractivity contribution in [2.45, 2.75) is 53.1 Å². The highest BCUT2D eigenvalue weighted by atomic mass is 16.3. The molecule has 0 radical (unpaired) electrons. The molecule has 0 aliphatic rings. The quantitative estimate of drug-likeness (QED) is 0.724. The summed E-state index contributed by atoms with van der Waals surface area (Å²) in [7, 11) is 0. The number of aliphatic hydroxyl groups is 1. The molecule has 0 aromatic carbocycles. The van der Waals surface area contributed by atoms with Gasteiger partial charge in [-0.25, -0.2) is 0 Å². The number of ketones is 1. The van der Waals surface area contributed by atoms with E-state index in [9.17, 15) is 4.79 Å². The fourth-order valence-corrected chi connectivity index (χ4v) is 1.24. The number of hydrogen-bond donors (Lipinski definition) is 2. The van der Waals surface area contributed by atoms with Crippen molar-refractivity contribution >= 4 is 5.78 Å². The molecule has 0 bridgehead atoms. The van der Waals surface area contributed by atoms with Crippen LogP contribution in [0.25, 0.3) is 0 Å². The van der Waals surface area contributed by atoms with Crippen LogP contribution in [0, 0.1) is 5.41 Å². The Kier molecular flexibility index (Phi) is 4.28.